The third kappa shape index (κ3) is 3.85. The monoisotopic (exact) mass is 293 g/mol. The van der Waals surface area contributed by atoms with Crippen LogP contribution >= 0.6 is 11.3 Å². The van der Waals surface area contributed by atoms with Gasteiger partial charge in [0, 0.05) is 22.9 Å². The van der Waals surface area contributed by atoms with Crippen molar-refractivity contribution in [3.63, 3.8) is 0 Å². The van der Waals surface area contributed by atoms with Crippen molar-refractivity contribution < 1.29 is 0 Å². The largest absolute Gasteiger partial charge is 0.313 e. The van der Waals surface area contributed by atoms with Crippen LogP contribution in [0.1, 0.15) is 58.8 Å². The van der Waals surface area contributed by atoms with E-state index in [1.54, 1.807) is 0 Å². The minimum Gasteiger partial charge on any atom is -0.313 e. The van der Waals surface area contributed by atoms with E-state index in [4.69, 9.17) is 0 Å². The van der Waals surface area contributed by atoms with Crippen molar-refractivity contribution in [3.05, 3.63) is 22.4 Å². The summed E-state index contributed by atoms with van der Waals surface area (Å²) in [6.45, 7) is 13.0. The van der Waals surface area contributed by atoms with Gasteiger partial charge in [-0.2, -0.15) is 0 Å². The maximum absolute atomic E-state index is 3.92. The Morgan fingerprint density at radius 2 is 2.10 bits per heavy atom. The summed E-state index contributed by atoms with van der Waals surface area (Å²) < 4.78 is 0. The Morgan fingerprint density at radius 1 is 1.35 bits per heavy atom. The summed E-state index contributed by atoms with van der Waals surface area (Å²) in [5, 5.41) is 6.11. The van der Waals surface area contributed by atoms with E-state index in [0.29, 0.717) is 6.04 Å². The lowest BCUT2D eigenvalue weighted by Gasteiger charge is -2.39. The maximum atomic E-state index is 3.92. The lowest BCUT2D eigenvalue weighted by atomic mass is 9.73. The Kier molecular flexibility index (Phi) is 5.30. The highest BCUT2D eigenvalue weighted by molar-refractivity contribution is 7.10. The molecule has 1 aliphatic carbocycles. The first-order valence-corrected chi connectivity index (χ1v) is 9.05. The minimum atomic E-state index is 0.246. The molecule has 3 unspecified atom stereocenters. The Hall–Kier alpha value is -0.340. The van der Waals surface area contributed by atoms with Crippen LogP contribution in [0.3, 0.4) is 0 Å². The smallest absolute Gasteiger partial charge is 0.0115 e. The van der Waals surface area contributed by atoms with Crippen LogP contribution in [0.4, 0.5) is 0 Å². The molecule has 1 N–H and O–H groups in total. The fourth-order valence-electron chi connectivity index (χ4n) is 3.57. The highest BCUT2D eigenvalue weighted by Gasteiger charge is 2.32. The molecular formula is C18H31NS. The molecule has 0 radical (unpaired) electrons. The second-order valence-electron chi connectivity index (χ2n) is 7.67. The molecule has 0 amide bonds. The summed E-state index contributed by atoms with van der Waals surface area (Å²) in [5.41, 5.74) is 0.246. The van der Waals surface area contributed by atoms with Crippen LogP contribution in [0.25, 0.3) is 0 Å². The molecule has 20 heavy (non-hydrogen) atoms. The summed E-state index contributed by atoms with van der Waals surface area (Å²) in [5.74, 6) is 2.53. The van der Waals surface area contributed by atoms with Crippen LogP contribution in [0.2, 0.25) is 0 Å². The minimum absolute atomic E-state index is 0.246. The molecule has 0 saturated heterocycles. The Labute approximate surface area is 129 Å². The second-order valence-corrected chi connectivity index (χ2v) is 8.62. The van der Waals surface area contributed by atoms with Gasteiger partial charge in [-0.15, -0.1) is 11.3 Å². The van der Waals surface area contributed by atoms with Crippen LogP contribution < -0.4 is 5.32 Å². The molecule has 1 aromatic rings. The van der Waals surface area contributed by atoms with Gasteiger partial charge in [-0.1, -0.05) is 47.1 Å². The van der Waals surface area contributed by atoms with Crippen molar-refractivity contribution in [2.24, 2.45) is 17.8 Å². The third-order valence-corrected chi connectivity index (χ3v) is 6.25. The van der Waals surface area contributed by atoms with Gasteiger partial charge < -0.3 is 5.32 Å². The number of hydrogen-bond acceptors (Lipinski definition) is 2. The van der Waals surface area contributed by atoms with E-state index in [1.807, 2.05) is 11.3 Å². The van der Waals surface area contributed by atoms with Crippen LogP contribution in [-0.4, -0.2) is 12.6 Å². The zero-order chi connectivity index (χ0) is 14.8. The lowest BCUT2D eigenvalue weighted by molar-refractivity contribution is 0.164. The van der Waals surface area contributed by atoms with Crippen molar-refractivity contribution in [2.45, 2.75) is 65.3 Å². The molecular weight excluding hydrogens is 262 g/mol. The van der Waals surface area contributed by atoms with Gasteiger partial charge in [-0.3, -0.25) is 0 Å². The fourth-order valence-corrected chi connectivity index (χ4v) is 4.43. The van der Waals surface area contributed by atoms with E-state index in [-0.39, 0.29) is 5.41 Å². The summed E-state index contributed by atoms with van der Waals surface area (Å²) in [6.07, 6.45) is 4.16. The van der Waals surface area contributed by atoms with Gasteiger partial charge >= 0.3 is 0 Å². The molecule has 0 spiro atoms. The molecule has 0 aliphatic heterocycles. The van der Waals surface area contributed by atoms with Crippen LogP contribution in [0, 0.1) is 17.8 Å². The van der Waals surface area contributed by atoms with Crippen molar-refractivity contribution in [1.29, 1.82) is 0 Å². The van der Waals surface area contributed by atoms with Crippen molar-refractivity contribution in [2.75, 3.05) is 6.54 Å². The summed E-state index contributed by atoms with van der Waals surface area (Å²) in [4.78, 5) is 1.50. The van der Waals surface area contributed by atoms with Crippen LogP contribution in [0.5, 0.6) is 0 Å². The van der Waals surface area contributed by atoms with Crippen molar-refractivity contribution in [1.82, 2.24) is 5.32 Å². The molecule has 2 rings (SSSR count). The molecule has 1 nitrogen and oxygen atoms in total. The number of thiophene rings is 1. The molecule has 1 heterocycles. The van der Waals surface area contributed by atoms with Crippen molar-refractivity contribution >= 4 is 11.3 Å². The Balaban J connectivity index is 1.97. The quantitative estimate of drug-likeness (QED) is 0.798. The Bertz CT molecular complexity index is 394. The predicted octanol–water partition coefficient (Wildman–Crippen LogP) is 5.08. The fraction of sp³-hybridized carbons (Fsp3) is 0.778. The summed E-state index contributed by atoms with van der Waals surface area (Å²) in [6, 6.07) is 5.15. The van der Waals surface area contributed by atoms with Gasteiger partial charge in [0.1, 0.15) is 0 Å². The predicted molar refractivity (Wildman–Crippen MR) is 90.5 cm³/mol. The zero-order valence-electron chi connectivity index (χ0n) is 13.8. The molecule has 1 fully saturated rings. The average Bonchev–Trinajstić information content (AvgIpc) is 2.90. The van der Waals surface area contributed by atoms with Crippen molar-refractivity contribution in [3.8, 4) is 0 Å². The first-order valence-electron chi connectivity index (χ1n) is 8.17. The van der Waals surface area contributed by atoms with Gasteiger partial charge in [0.25, 0.3) is 0 Å². The number of hydrogen-bond donors (Lipinski definition) is 1. The normalized spacial score (nSPS) is 28.0. The molecule has 3 atom stereocenters. The van der Waals surface area contributed by atoms with Gasteiger partial charge in [-0.25, -0.2) is 0 Å². The Morgan fingerprint density at radius 3 is 2.70 bits per heavy atom. The maximum Gasteiger partial charge on any atom is 0.0115 e. The SMILES string of the molecule is CC1CCC(C(C)C)C(NCC(C)(C)c2cccs2)C1. The first-order chi connectivity index (χ1) is 9.40. The van der Waals surface area contributed by atoms with Gasteiger partial charge in [0.05, 0.1) is 0 Å². The number of rotatable bonds is 5. The lowest BCUT2D eigenvalue weighted by Crippen LogP contribution is -2.46. The summed E-state index contributed by atoms with van der Waals surface area (Å²) >= 11 is 1.88. The molecule has 1 aromatic heterocycles. The van der Waals surface area contributed by atoms with Crippen LogP contribution in [0.15, 0.2) is 17.5 Å². The molecule has 2 heteroatoms. The zero-order valence-corrected chi connectivity index (χ0v) is 14.6. The second kappa shape index (κ2) is 6.62. The van der Waals surface area contributed by atoms with Gasteiger partial charge in [-0.05, 0) is 42.0 Å². The molecule has 0 bridgehead atoms. The summed E-state index contributed by atoms with van der Waals surface area (Å²) in [7, 11) is 0. The molecule has 0 aromatic carbocycles. The highest BCUT2D eigenvalue weighted by Crippen LogP contribution is 2.34. The van der Waals surface area contributed by atoms with E-state index < -0.39 is 0 Å². The first kappa shape index (κ1) is 16.0. The van der Waals surface area contributed by atoms with E-state index in [9.17, 15) is 0 Å². The van der Waals surface area contributed by atoms with E-state index >= 15 is 0 Å². The van der Waals surface area contributed by atoms with Gasteiger partial charge in [0.15, 0.2) is 0 Å². The van der Waals surface area contributed by atoms with E-state index in [0.717, 1.165) is 24.3 Å². The third-order valence-electron chi connectivity index (χ3n) is 5.02. The highest BCUT2D eigenvalue weighted by atomic mass is 32.1. The topological polar surface area (TPSA) is 12.0 Å². The molecule has 1 saturated carbocycles. The molecule has 1 aliphatic rings. The average molecular weight is 294 g/mol. The van der Waals surface area contributed by atoms with E-state index in [1.165, 1.54) is 24.1 Å². The number of nitrogens with one attached hydrogen (secondary N) is 1. The standard InChI is InChI=1S/C18H31NS/c1-13(2)15-9-8-14(3)11-16(15)19-12-18(4,5)17-7-6-10-20-17/h6-7,10,13-16,19H,8-9,11-12H2,1-5H3. The van der Waals surface area contributed by atoms with Crippen LogP contribution in [-0.2, 0) is 5.41 Å². The van der Waals surface area contributed by atoms with E-state index in [2.05, 4.69) is 57.4 Å². The molecule has 114 valence electrons. The van der Waals surface area contributed by atoms with Gasteiger partial charge in [0.2, 0.25) is 0 Å².